The average Bonchev–Trinajstić information content (AvgIpc) is 3.73. The lowest BCUT2D eigenvalue weighted by Crippen LogP contribution is -2.27. The van der Waals surface area contributed by atoms with Gasteiger partial charge < -0.3 is 20.8 Å². The smallest absolute Gasteiger partial charge is 0.243 e. The molecule has 1 fully saturated rings. The van der Waals surface area contributed by atoms with Crippen molar-refractivity contribution in [1.82, 2.24) is 19.8 Å². The van der Waals surface area contributed by atoms with E-state index in [1.54, 1.807) is 0 Å². The number of rotatable bonds is 16. The number of phenolic OH excluding ortho intramolecular Hbond substituents is 2. The van der Waals surface area contributed by atoms with Crippen molar-refractivity contribution in [3.63, 3.8) is 0 Å². The molecule has 5 rings (SSSR count). The van der Waals surface area contributed by atoms with Crippen LogP contribution >= 0.6 is 0 Å². The molecule has 54 heavy (non-hydrogen) atoms. The minimum Gasteiger partial charge on any atom is -0.507 e. The zero-order valence-electron chi connectivity index (χ0n) is 34.1. The lowest BCUT2D eigenvalue weighted by molar-refractivity contribution is -0.671. The molecule has 0 spiro atoms. The molecule has 292 valence electrons. The Morgan fingerprint density at radius 2 is 1.09 bits per heavy atom. The third kappa shape index (κ3) is 11.6. The van der Waals surface area contributed by atoms with Gasteiger partial charge >= 0.3 is 0 Å². The van der Waals surface area contributed by atoms with E-state index in [9.17, 15) is 10.2 Å². The molecule has 0 aliphatic heterocycles. The first-order valence-corrected chi connectivity index (χ1v) is 19.9. The summed E-state index contributed by atoms with van der Waals surface area (Å²) in [6.45, 7) is 18.0. The summed E-state index contributed by atoms with van der Waals surface area (Å²) in [5.41, 5.74) is 5.20. The SMILES string of the molecule is C[n+]1ccn(CCCNCc2cc(C=N[C@H]3CCCC[C@@H]3N=Cc3cc(CNCCCn4cc[n+](C)c4)cc(C(C)(C)C)c3O)c(O)c(C(C)(C)C)c2)c1. The molecule has 0 radical (unpaired) electrons. The van der Waals surface area contributed by atoms with E-state index in [1.807, 2.05) is 26.5 Å². The summed E-state index contributed by atoms with van der Waals surface area (Å²) in [4.78, 5) is 10.2. The van der Waals surface area contributed by atoms with Crippen LogP contribution in [0.5, 0.6) is 11.5 Å². The molecule has 1 saturated carbocycles. The summed E-state index contributed by atoms with van der Waals surface area (Å²) in [5.74, 6) is 0.602. The van der Waals surface area contributed by atoms with Crippen LogP contribution in [0.4, 0.5) is 0 Å². The van der Waals surface area contributed by atoms with E-state index in [1.165, 1.54) is 0 Å². The summed E-state index contributed by atoms with van der Waals surface area (Å²) in [5, 5.41) is 30.1. The molecule has 0 unspecified atom stereocenters. The molecule has 0 bridgehead atoms. The number of imidazole rings is 2. The van der Waals surface area contributed by atoms with Crippen molar-refractivity contribution in [1.29, 1.82) is 0 Å². The van der Waals surface area contributed by atoms with E-state index in [0.29, 0.717) is 11.5 Å². The molecule has 2 aromatic carbocycles. The predicted molar refractivity (Wildman–Crippen MR) is 219 cm³/mol. The number of nitrogens with one attached hydrogen (secondary N) is 2. The molecular formula is C44H66N8O2+2. The number of hydrogen-bond acceptors (Lipinski definition) is 6. The molecule has 2 aromatic heterocycles. The van der Waals surface area contributed by atoms with E-state index in [-0.39, 0.29) is 22.9 Å². The van der Waals surface area contributed by atoms with E-state index < -0.39 is 0 Å². The van der Waals surface area contributed by atoms with Gasteiger partial charge in [0.25, 0.3) is 0 Å². The zero-order valence-corrected chi connectivity index (χ0v) is 34.1. The van der Waals surface area contributed by atoms with Crippen molar-refractivity contribution in [3.8, 4) is 11.5 Å². The largest absolute Gasteiger partial charge is 0.507 e. The van der Waals surface area contributed by atoms with Crippen molar-refractivity contribution in [3.05, 3.63) is 95.1 Å². The predicted octanol–water partition coefficient (Wildman–Crippen LogP) is 6.15. The summed E-state index contributed by atoms with van der Waals surface area (Å²) < 4.78 is 8.52. The van der Waals surface area contributed by atoms with Gasteiger partial charge in [0, 0.05) is 47.8 Å². The summed E-state index contributed by atoms with van der Waals surface area (Å²) in [6.07, 6.45) is 22.4. The van der Waals surface area contributed by atoms with Crippen molar-refractivity contribution in [2.75, 3.05) is 13.1 Å². The van der Waals surface area contributed by atoms with Crippen LogP contribution in [0.2, 0.25) is 0 Å². The van der Waals surface area contributed by atoms with E-state index >= 15 is 0 Å². The summed E-state index contributed by atoms with van der Waals surface area (Å²) >= 11 is 0. The van der Waals surface area contributed by atoms with Crippen molar-refractivity contribution in [2.24, 2.45) is 24.1 Å². The van der Waals surface area contributed by atoms with Crippen molar-refractivity contribution in [2.45, 2.75) is 129 Å². The standard InChI is InChI=1S/C44H64N8O2/c1-43(2,3)37-25-33(27-45-15-11-17-51-21-19-49(7)31-51)23-35(41(37)53)29-47-39-13-9-10-14-40(39)48-30-36-24-34(26-38(42(36)54)44(4,5)6)28-46-16-12-18-52-22-20-50(8)32-52/h19-26,29-32,39-40,45-46H,9-18,27-28H2,1-8H3/p+2/t39-,40-/m0/s1. The third-order valence-electron chi connectivity index (χ3n) is 10.4. The number of aliphatic imine (C=N–C) groups is 2. The van der Waals surface area contributed by atoms with Gasteiger partial charge in [0.15, 0.2) is 0 Å². The Bertz CT molecular complexity index is 1740. The van der Waals surface area contributed by atoms with E-state index in [4.69, 9.17) is 9.98 Å². The molecule has 2 atom stereocenters. The highest BCUT2D eigenvalue weighted by Gasteiger charge is 2.26. The van der Waals surface area contributed by atoms with Crippen molar-refractivity contribution < 1.29 is 19.3 Å². The third-order valence-corrected chi connectivity index (χ3v) is 10.4. The highest BCUT2D eigenvalue weighted by Crippen LogP contribution is 2.36. The number of benzene rings is 2. The van der Waals surface area contributed by atoms with E-state index in [0.717, 1.165) is 111 Å². The Balaban J connectivity index is 1.27. The number of aryl methyl sites for hydroxylation is 4. The van der Waals surface area contributed by atoms with Gasteiger partial charge in [-0.3, -0.25) is 9.98 Å². The normalized spacial score (nSPS) is 17.0. The first-order chi connectivity index (χ1) is 25.7. The first kappa shape index (κ1) is 40.9. The van der Waals surface area contributed by atoms with Crippen LogP contribution in [0.25, 0.3) is 0 Å². The summed E-state index contributed by atoms with van der Waals surface area (Å²) in [6, 6.07) is 8.40. The summed E-state index contributed by atoms with van der Waals surface area (Å²) in [7, 11) is 4.08. The monoisotopic (exact) mass is 739 g/mol. The second-order valence-corrected chi connectivity index (χ2v) is 17.3. The Labute approximate surface area is 323 Å². The molecule has 0 amide bonds. The van der Waals surface area contributed by atoms with Gasteiger partial charge in [-0.2, -0.15) is 0 Å². The molecule has 4 N–H and O–H groups in total. The molecule has 10 nitrogen and oxygen atoms in total. The maximum Gasteiger partial charge on any atom is 0.243 e. The Morgan fingerprint density at radius 1 is 0.685 bits per heavy atom. The topological polar surface area (TPSA) is 107 Å². The van der Waals surface area contributed by atoms with Crippen LogP contribution < -0.4 is 19.8 Å². The fourth-order valence-electron chi connectivity index (χ4n) is 7.28. The first-order valence-electron chi connectivity index (χ1n) is 19.9. The van der Waals surface area contributed by atoms with Gasteiger partial charge in [-0.05, 0) is 72.9 Å². The average molecular weight is 739 g/mol. The number of nitrogens with zero attached hydrogens (tertiary/aromatic N) is 6. The maximum absolute atomic E-state index is 11.4. The molecular weight excluding hydrogens is 673 g/mol. The van der Waals surface area contributed by atoms with Crippen LogP contribution in [0, 0.1) is 0 Å². The van der Waals surface area contributed by atoms with Gasteiger partial charge in [-0.15, -0.1) is 0 Å². The van der Waals surface area contributed by atoms with Crippen molar-refractivity contribution >= 4 is 12.4 Å². The quantitative estimate of drug-likeness (QED) is 0.0629. The second kappa shape index (κ2) is 18.4. The van der Waals surface area contributed by atoms with Crippen LogP contribution in [-0.2, 0) is 51.1 Å². The minimum atomic E-state index is -0.219. The zero-order chi connectivity index (χ0) is 38.9. The second-order valence-electron chi connectivity index (χ2n) is 17.3. The van der Waals surface area contributed by atoms with Gasteiger partial charge in [0.05, 0.1) is 39.3 Å². The van der Waals surface area contributed by atoms with Crippen LogP contribution in [0.15, 0.2) is 71.7 Å². The fourth-order valence-corrected chi connectivity index (χ4v) is 7.28. The Hall–Kier alpha value is -4.28. The van der Waals surface area contributed by atoms with Gasteiger partial charge in [-0.1, -0.05) is 66.5 Å². The van der Waals surface area contributed by atoms with Gasteiger partial charge in [-0.25, -0.2) is 18.3 Å². The molecule has 1 aliphatic carbocycles. The number of hydrogen-bond donors (Lipinski definition) is 4. The molecule has 0 saturated heterocycles. The molecule has 10 heteroatoms. The van der Waals surface area contributed by atoms with Crippen LogP contribution in [0.1, 0.15) is 113 Å². The Morgan fingerprint density at radius 3 is 1.44 bits per heavy atom. The highest BCUT2D eigenvalue weighted by molar-refractivity contribution is 5.86. The number of aromatic hydroxyl groups is 2. The number of aromatic nitrogens is 4. The fraction of sp³-hybridized carbons (Fsp3) is 0.545. The minimum absolute atomic E-state index is 0.00122. The maximum atomic E-state index is 11.4. The Kier molecular flexibility index (Phi) is 13.9. The lowest BCUT2D eigenvalue weighted by Gasteiger charge is -2.26. The molecule has 4 aromatic rings. The van der Waals surface area contributed by atoms with E-state index in [2.05, 4.69) is 132 Å². The molecule has 2 heterocycles. The molecule has 1 aliphatic rings. The van der Waals surface area contributed by atoms with Crippen LogP contribution in [0.3, 0.4) is 0 Å². The lowest BCUT2D eigenvalue weighted by atomic mass is 9.84. The highest BCUT2D eigenvalue weighted by atomic mass is 16.3. The number of phenols is 2. The van der Waals surface area contributed by atoms with Gasteiger partial charge in [0.1, 0.15) is 36.3 Å². The van der Waals surface area contributed by atoms with Gasteiger partial charge in [0.2, 0.25) is 12.7 Å². The van der Waals surface area contributed by atoms with Crippen LogP contribution in [-0.4, -0.2) is 56.9 Å².